The first-order valence-corrected chi connectivity index (χ1v) is 4.39. The molecule has 0 bridgehead atoms. The van der Waals surface area contributed by atoms with Crippen molar-refractivity contribution in [3.63, 3.8) is 0 Å². The highest BCUT2D eigenvalue weighted by molar-refractivity contribution is 5.70. The van der Waals surface area contributed by atoms with Gasteiger partial charge in [-0.15, -0.1) is 0 Å². The highest BCUT2D eigenvalue weighted by atomic mass is 16.5. The Morgan fingerprint density at radius 2 is 2.62 bits per heavy atom. The molecular weight excluding hydrogens is 170 g/mol. The topological polar surface area (TPSA) is 61.5 Å². The zero-order valence-corrected chi connectivity index (χ0v) is 7.79. The molecule has 0 aromatic rings. The van der Waals surface area contributed by atoms with Crippen LogP contribution < -0.4 is 5.73 Å². The first-order valence-electron chi connectivity index (χ1n) is 4.39. The fraction of sp³-hybridized carbons (Fsp3) is 0.667. The molecule has 13 heavy (non-hydrogen) atoms. The molecule has 1 aliphatic heterocycles. The standard InChI is InChI=1S/C9H15NO3/c1-12-9(11)6-7(10)8-4-2-3-5-13-8/h4,7H,2-3,5-6,10H2,1H3. The maximum Gasteiger partial charge on any atom is 0.307 e. The normalized spacial score (nSPS) is 18.5. The quantitative estimate of drug-likeness (QED) is 0.653. The van der Waals surface area contributed by atoms with Crippen LogP contribution in [0.15, 0.2) is 11.8 Å². The minimum atomic E-state index is -0.354. The zero-order chi connectivity index (χ0) is 9.68. The number of carbonyl (C=O) groups is 1. The molecule has 1 rings (SSSR count). The number of carbonyl (C=O) groups excluding carboxylic acids is 1. The molecule has 0 fully saturated rings. The molecule has 1 atom stereocenters. The summed E-state index contributed by atoms with van der Waals surface area (Å²) in [6.07, 6.45) is 4.12. The summed E-state index contributed by atoms with van der Waals surface area (Å²) in [5.41, 5.74) is 5.73. The lowest BCUT2D eigenvalue weighted by Gasteiger charge is -2.19. The summed E-state index contributed by atoms with van der Waals surface area (Å²) in [7, 11) is 1.35. The van der Waals surface area contributed by atoms with Crippen molar-refractivity contribution >= 4 is 5.97 Å². The Kier molecular flexibility index (Phi) is 3.76. The predicted molar refractivity (Wildman–Crippen MR) is 47.9 cm³/mol. The monoisotopic (exact) mass is 185 g/mol. The lowest BCUT2D eigenvalue weighted by molar-refractivity contribution is -0.141. The van der Waals surface area contributed by atoms with Crippen LogP contribution in [0.3, 0.4) is 0 Å². The number of methoxy groups -OCH3 is 1. The van der Waals surface area contributed by atoms with E-state index in [9.17, 15) is 4.79 Å². The van der Waals surface area contributed by atoms with E-state index in [-0.39, 0.29) is 18.4 Å². The summed E-state index contributed by atoms with van der Waals surface area (Å²) in [5, 5.41) is 0. The molecule has 0 saturated carbocycles. The summed E-state index contributed by atoms with van der Waals surface area (Å²) >= 11 is 0. The highest BCUT2D eigenvalue weighted by Crippen LogP contribution is 2.14. The summed E-state index contributed by atoms with van der Waals surface area (Å²) in [5.74, 6) is 0.416. The number of allylic oxidation sites excluding steroid dienone is 1. The molecule has 1 heterocycles. The lowest BCUT2D eigenvalue weighted by atomic mass is 10.1. The molecule has 0 spiro atoms. The molecule has 1 unspecified atom stereocenters. The van der Waals surface area contributed by atoms with Crippen LogP contribution in [0.1, 0.15) is 19.3 Å². The van der Waals surface area contributed by atoms with Crippen molar-refractivity contribution in [1.82, 2.24) is 0 Å². The van der Waals surface area contributed by atoms with Gasteiger partial charge in [0.05, 0.1) is 26.2 Å². The van der Waals surface area contributed by atoms with Crippen molar-refractivity contribution in [1.29, 1.82) is 0 Å². The summed E-state index contributed by atoms with van der Waals surface area (Å²) in [4.78, 5) is 10.9. The second-order valence-corrected chi connectivity index (χ2v) is 2.98. The van der Waals surface area contributed by atoms with Gasteiger partial charge >= 0.3 is 5.97 Å². The van der Waals surface area contributed by atoms with Gasteiger partial charge in [-0.1, -0.05) is 0 Å². The van der Waals surface area contributed by atoms with E-state index in [1.165, 1.54) is 7.11 Å². The predicted octanol–water partition coefficient (Wildman–Crippen LogP) is 0.571. The molecule has 74 valence electrons. The number of nitrogens with two attached hydrogens (primary N) is 1. The third-order valence-corrected chi connectivity index (χ3v) is 1.94. The van der Waals surface area contributed by atoms with E-state index >= 15 is 0 Å². The number of hydrogen-bond donors (Lipinski definition) is 1. The average Bonchev–Trinajstić information content (AvgIpc) is 2.19. The molecule has 4 nitrogen and oxygen atoms in total. The van der Waals surface area contributed by atoms with Crippen molar-refractivity contribution in [3.05, 3.63) is 11.8 Å². The van der Waals surface area contributed by atoms with Gasteiger partial charge < -0.3 is 15.2 Å². The van der Waals surface area contributed by atoms with Crippen LogP contribution in [0.5, 0.6) is 0 Å². The van der Waals surface area contributed by atoms with E-state index in [0.29, 0.717) is 6.61 Å². The second kappa shape index (κ2) is 4.87. The number of esters is 1. The molecule has 0 aliphatic carbocycles. The van der Waals surface area contributed by atoms with Crippen LogP contribution in [0, 0.1) is 0 Å². The molecule has 0 saturated heterocycles. The van der Waals surface area contributed by atoms with E-state index < -0.39 is 0 Å². The summed E-state index contributed by atoms with van der Waals surface area (Å²) < 4.78 is 9.82. The molecule has 0 aromatic heterocycles. The van der Waals surface area contributed by atoms with Gasteiger partial charge in [-0.3, -0.25) is 4.79 Å². The third kappa shape index (κ3) is 3.06. The Morgan fingerprint density at radius 3 is 3.15 bits per heavy atom. The van der Waals surface area contributed by atoms with E-state index in [4.69, 9.17) is 10.5 Å². The minimum Gasteiger partial charge on any atom is -0.497 e. The van der Waals surface area contributed by atoms with Gasteiger partial charge in [-0.2, -0.15) is 0 Å². The zero-order valence-electron chi connectivity index (χ0n) is 7.79. The first kappa shape index (κ1) is 10.1. The Morgan fingerprint density at radius 1 is 1.85 bits per heavy atom. The summed E-state index contributed by atoms with van der Waals surface area (Å²) in [6.45, 7) is 0.695. The van der Waals surface area contributed by atoms with E-state index in [2.05, 4.69) is 4.74 Å². The van der Waals surface area contributed by atoms with Gasteiger partial charge in [0.1, 0.15) is 5.76 Å². The second-order valence-electron chi connectivity index (χ2n) is 2.98. The van der Waals surface area contributed by atoms with Crippen molar-refractivity contribution in [2.24, 2.45) is 5.73 Å². The Hall–Kier alpha value is -1.03. The van der Waals surface area contributed by atoms with Gasteiger partial charge in [0.2, 0.25) is 0 Å². The van der Waals surface area contributed by atoms with Crippen LogP contribution in [0.4, 0.5) is 0 Å². The van der Waals surface area contributed by atoms with E-state index in [1.807, 2.05) is 6.08 Å². The van der Waals surface area contributed by atoms with E-state index in [0.717, 1.165) is 18.6 Å². The van der Waals surface area contributed by atoms with Crippen molar-refractivity contribution < 1.29 is 14.3 Å². The third-order valence-electron chi connectivity index (χ3n) is 1.94. The van der Waals surface area contributed by atoms with Crippen molar-refractivity contribution in [2.45, 2.75) is 25.3 Å². The number of ether oxygens (including phenoxy) is 2. The largest absolute Gasteiger partial charge is 0.497 e. The average molecular weight is 185 g/mol. The fourth-order valence-corrected chi connectivity index (χ4v) is 1.20. The van der Waals surface area contributed by atoms with Gasteiger partial charge in [0.25, 0.3) is 0 Å². The van der Waals surface area contributed by atoms with E-state index in [1.54, 1.807) is 0 Å². The molecule has 4 heteroatoms. The Bertz CT molecular complexity index is 213. The fourth-order valence-electron chi connectivity index (χ4n) is 1.20. The highest BCUT2D eigenvalue weighted by Gasteiger charge is 2.17. The Balaban J connectivity index is 2.41. The Labute approximate surface area is 77.7 Å². The van der Waals surface area contributed by atoms with Crippen LogP contribution >= 0.6 is 0 Å². The smallest absolute Gasteiger partial charge is 0.307 e. The van der Waals surface area contributed by atoms with Crippen molar-refractivity contribution in [3.8, 4) is 0 Å². The first-order chi connectivity index (χ1) is 6.24. The summed E-state index contributed by atoms with van der Waals surface area (Å²) in [6, 6.07) is -0.354. The lowest BCUT2D eigenvalue weighted by Crippen LogP contribution is -2.29. The maximum atomic E-state index is 10.9. The number of rotatable bonds is 3. The van der Waals surface area contributed by atoms with Crippen LogP contribution in [0.25, 0.3) is 0 Å². The molecule has 0 radical (unpaired) electrons. The molecule has 0 amide bonds. The molecular formula is C9H15NO3. The van der Waals surface area contributed by atoms with Gasteiger partial charge in [0, 0.05) is 0 Å². The van der Waals surface area contributed by atoms with Crippen LogP contribution in [0.2, 0.25) is 0 Å². The van der Waals surface area contributed by atoms with Crippen LogP contribution in [-0.2, 0) is 14.3 Å². The van der Waals surface area contributed by atoms with Crippen molar-refractivity contribution in [2.75, 3.05) is 13.7 Å². The maximum absolute atomic E-state index is 10.9. The molecule has 0 aromatic carbocycles. The number of hydrogen-bond acceptors (Lipinski definition) is 4. The molecule has 1 aliphatic rings. The van der Waals surface area contributed by atoms with Crippen LogP contribution in [-0.4, -0.2) is 25.7 Å². The SMILES string of the molecule is COC(=O)CC(N)C1=CCCCO1. The minimum absolute atomic E-state index is 0.183. The van der Waals surface area contributed by atoms with Gasteiger partial charge in [-0.05, 0) is 18.9 Å². The molecule has 2 N–H and O–H groups in total. The van der Waals surface area contributed by atoms with Gasteiger partial charge in [-0.25, -0.2) is 0 Å². The van der Waals surface area contributed by atoms with Gasteiger partial charge in [0.15, 0.2) is 0 Å².